The van der Waals surface area contributed by atoms with E-state index in [9.17, 15) is 0 Å². The smallest absolute Gasteiger partial charge is 0.0155 e. The van der Waals surface area contributed by atoms with Crippen LogP contribution in [0.2, 0.25) is 0 Å². The average Bonchev–Trinajstić information content (AvgIpc) is 2.27. The zero-order chi connectivity index (χ0) is 10.6. The molecule has 1 aromatic rings. The van der Waals surface area contributed by atoms with E-state index in [4.69, 9.17) is 0 Å². The van der Waals surface area contributed by atoms with Gasteiger partial charge in [0.25, 0.3) is 0 Å². The van der Waals surface area contributed by atoms with Crippen LogP contribution < -0.4 is 0 Å². The van der Waals surface area contributed by atoms with Crippen molar-refractivity contribution in [2.24, 2.45) is 0 Å². The summed E-state index contributed by atoms with van der Waals surface area (Å²) in [5, 5.41) is 0. The van der Waals surface area contributed by atoms with Gasteiger partial charge in [0.1, 0.15) is 0 Å². The largest absolute Gasteiger partial charge is 0.0952 e. The number of hydrogen-bond donors (Lipinski definition) is 0. The van der Waals surface area contributed by atoms with Gasteiger partial charge >= 0.3 is 0 Å². The van der Waals surface area contributed by atoms with Crippen molar-refractivity contribution in [2.75, 3.05) is 0 Å². The van der Waals surface area contributed by atoms with Gasteiger partial charge in [0.05, 0.1) is 0 Å². The van der Waals surface area contributed by atoms with Crippen molar-refractivity contribution in [3.8, 4) is 0 Å². The minimum atomic E-state index is 0.994. The molecule has 0 saturated carbocycles. The SMILES string of the molecule is C=C(CC)c1ccccc1C(=C)CC. The second-order valence-corrected chi connectivity index (χ2v) is 3.46. The molecule has 0 aromatic heterocycles. The predicted molar refractivity (Wildman–Crippen MR) is 65.1 cm³/mol. The van der Waals surface area contributed by atoms with Gasteiger partial charge in [0.15, 0.2) is 0 Å². The summed E-state index contributed by atoms with van der Waals surface area (Å²) in [6, 6.07) is 8.37. The average molecular weight is 186 g/mol. The van der Waals surface area contributed by atoms with Gasteiger partial charge in [-0.1, -0.05) is 51.3 Å². The Morgan fingerprint density at radius 3 is 1.57 bits per heavy atom. The second-order valence-electron chi connectivity index (χ2n) is 3.46. The molecule has 0 N–H and O–H groups in total. The first-order chi connectivity index (χ1) is 6.70. The fourth-order valence-electron chi connectivity index (χ4n) is 1.48. The molecule has 0 saturated heterocycles. The van der Waals surface area contributed by atoms with Gasteiger partial charge in [0.2, 0.25) is 0 Å². The number of allylic oxidation sites excluding steroid dienone is 2. The normalized spacial score (nSPS) is 9.86. The Hall–Kier alpha value is -1.30. The molecule has 0 aliphatic rings. The van der Waals surface area contributed by atoms with Crippen molar-refractivity contribution in [2.45, 2.75) is 26.7 Å². The van der Waals surface area contributed by atoms with Gasteiger partial charge in [-0.3, -0.25) is 0 Å². The van der Waals surface area contributed by atoms with Gasteiger partial charge in [-0.25, -0.2) is 0 Å². The van der Waals surface area contributed by atoms with Crippen LogP contribution >= 0.6 is 0 Å². The topological polar surface area (TPSA) is 0 Å². The highest BCUT2D eigenvalue weighted by Gasteiger charge is 2.05. The van der Waals surface area contributed by atoms with E-state index >= 15 is 0 Å². The van der Waals surface area contributed by atoms with Crippen molar-refractivity contribution < 1.29 is 0 Å². The lowest BCUT2D eigenvalue weighted by Gasteiger charge is -2.11. The standard InChI is InChI=1S/C14H18/c1-5-11(3)13-9-7-8-10-14(13)12(4)6-2/h7-10H,3-6H2,1-2H3. The molecular formula is C14H18. The third-order valence-corrected chi connectivity index (χ3v) is 2.54. The Morgan fingerprint density at radius 1 is 0.929 bits per heavy atom. The summed E-state index contributed by atoms with van der Waals surface area (Å²) >= 11 is 0. The van der Waals surface area contributed by atoms with Crippen LogP contribution in [0.25, 0.3) is 11.1 Å². The number of rotatable bonds is 4. The molecule has 0 amide bonds. The van der Waals surface area contributed by atoms with Crippen molar-refractivity contribution in [1.82, 2.24) is 0 Å². The highest BCUT2D eigenvalue weighted by molar-refractivity contribution is 5.77. The Bertz CT molecular complexity index is 310. The highest BCUT2D eigenvalue weighted by Crippen LogP contribution is 2.26. The van der Waals surface area contributed by atoms with Crippen LogP contribution in [0.4, 0.5) is 0 Å². The summed E-state index contributed by atoms with van der Waals surface area (Å²) in [6.45, 7) is 12.4. The van der Waals surface area contributed by atoms with Gasteiger partial charge in [-0.15, -0.1) is 0 Å². The van der Waals surface area contributed by atoms with Crippen LogP contribution in [0.15, 0.2) is 37.4 Å². The van der Waals surface area contributed by atoms with Gasteiger partial charge in [-0.05, 0) is 35.1 Å². The minimum absolute atomic E-state index is 0.994. The first kappa shape index (κ1) is 10.8. The summed E-state index contributed by atoms with van der Waals surface area (Å²) in [6.07, 6.45) is 1.99. The predicted octanol–water partition coefficient (Wildman–Crippen LogP) is 4.53. The summed E-state index contributed by atoms with van der Waals surface area (Å²) in [7, 11) is 0. The van der Waals surface area contributed by atoms with E-state index in [2.05, 4.69) is 51.3 Å². The van der Waals surface area contributed by atoms with E-state index in [1.54, 1.807) is 0 Å². The molecule has 14 heavy (non-hydrogen) atoms. The summed E-state index contributed by atoms with van der Waals surface area (Å²) < 4.78 is 0. The Kier molecular flexibility index (Phi) is 3.70. The molecule has 0 heterocycles. The van der Waals surface area contributed by atoms with Crippen molar-refractivity contribution in [3.05, 3.63) is 48.6 Å². The summed E-state index contributed by atoms with van der Waals surface area (Å²) in [5.74, 6) is 0. The summed E-state index contributed by atoms with van der Waals surface area (Å²) in [4.78, 5) is 0. The van der Waals surface area contributed by atoms with E-state index in [-0.39, 0.29) is 0 Å². The van der Waals surface area contributed by atoms with Gasteiger partial charge in [-0.2, -0.15) is 0 Å². The minimum Gasteiger partial charge on any atom is -0.0952 e. The Labute approximate surface area is 87.0 Å². The molecule has 0 bridgehead atoms. The van der Waals surface area contributed by atoms with Crippen LogP contribution in [0.3, 0.4) is 0 Å². The Balaban J connectivity index is 3.15. The zero-order valence-electron chi connectivity index (χ0n) is 9.14. The van der Waals surface area contributed by atoms with Crippen molar-refractivity contribution >= 4 is 11.1 Å². The molecule has 1 rings (SSSR count). The molecule has 0 unspecified atom stereocenters. The lowest BCUT2D eigenvalue weighted by Crippen LogP contribution is -1.90. The Morgan fingerprint density at radius 2 is 1.29 bits per heavy atom. The molecule has 74 valence electrons. The highest BCUT2D eigenvalue weighted by atomic mass is 14.1. The molecule has 1 aromatic carbocycles. The lowest BCUT2D eigenvalue weighted by molar-refractivity contribution is 1.21. The third-order valence-electron chi connectivity index (χ3n) is 2.54. The third kappa shape index (κ3) is 2.14. The van der Waals surface area contributed by atoms with Crippen molar-refractivity contribution in [3.63, 3.8) is 0 Å². The lowest BCUT2D eigenvalue weighted by atomic mass is 9.94. The fourth-order valence-corrected chi connectivity index (χ4v) is 1.48. The van der Waals surface area contributed by atoms with Crippen LogP contribution in [0.1, 0.15) is 37.8 Å². The van der Waals surface area contributed by atoms with Crippen LogP contribution in [-0.4, -0.2) is 0 Å². The first-order valence-corrected chi connectivity index (χ1v) is 5.16. The number of benzene rings is 1. The second kappa shape index (κ2) is 4.80. The maximum atomic E-state index is 4.08. The van der Waals surface area contributed by atoms with E-state index in [1.165, 1.54) is 22.3 Å². The van der Waals surface area contributed by atoms with E-state index in [1.807, 2.05) is 0 Å². The van der Waals surface area contributed by atoms with Gasteiger partial charge in [0, 0.05) is 0 Å². The molecule has 0 atom stereocenters. The number of hydrogen-bond acceptors (Lipinski definition) is 0. The molecule has 0 fully saturated rings. The van der Waals surface area contributed by atoms with E-state index in [0.717, 1.165) is 12.8 Å². The van der Waals surface area contributed by atoms with Crippen LogP contribution in [0.5, 0.6) is 0 Å². The van der Waals surface area contributed by atoms with Crippen LogP contribution in [-0.2, 0) is 0 Å². The van der Waals surface area contributed by atoms with E-state index in [0.29, 0.717) is 0 Å². The molecule has 0 heteroatoms. The molecule has 0 aliphatic heterocycles. The zero-order valence-corrected chi connectivity index (χ0v) is 9.14. The maximum Gasteiger partial charge on any atom is -0.0155 e. The van der Waals surface area contributed by atoms with Crippen molar-refractivity contribution in [1.29, 1.82) is 0 Å². The fraction of sp³-hybridized carbons (Fsp3) is 0.286. The first-order valence-electron chi connectivity index (χ1n) is 5.16. The maximum absolute atomic E-state index is 4.08. The molecule has 0 spiro atoms. The molecule has 0 nitrogen and oxygen atoms in total. The van der Waals surface area contributed by atoms with E-state index < -0.39 is 0 Å². The molecule has 0 radical (unpaired) electrons. The van der Waals surface area contributed by atoms with Gasteiger partial charge < -0.3 is 0 Å². The van der Waals surface area contributed by atoms with Crippen LogP contribution in [0, 0.1) is 0 Å². The summed E-state index contributed by atoms with van der Waals surface area (Å²) in [5.41, 5.74) is 4.88. The molecular weight excluding hydrogens is 168 g/mol. The molecule has 0 aliphatic carbocycles. The monoisotopic (exact) mass is 186 g/mol. The quantitative estimate of drug-likeness (QED) is 0.648.